The lowest BCUT2D eigenvalue weighted by Crippen LogP contribution is -2.35. The average Bonchev–Trinajstić information content (AvgIpc) is 2.47. The number of hydrogen-bond acceptors (Lipinski definition) is 4. The van der Waals surface area contributed by atoms with Gasteiger partial charge in [0.15, 0.2) is 0 Å². The summed E-state index contributed by atoms with van der Waals surface area (Å²) in [6.07, 6.45) is 10.5. The van der Waals surface area contributed by atoms with Crippen molar-refractivity contribution in [2.45, 2.75) is 25.8 Å². The largest absolute Gasteiger partial charge is 0.378 e. The fourth-order valence-electron chi connectivity index (χ4n) is 2.35. The second kappa shape index (κ2) is 7.32. The molecule has 1 aliphatic rings. The van der Waals surface area contributed by atoms with Crippen molar-refractivity contribution in [3.05, 3.63) is 21.6 Å². The van der Waals surface area contributed by atoms with Crippen LogP contribution in [0.2, 0.25) is 5.02 Å². The first kappa shape index (κ1) is 14.9. The molecule has 0 bridgehead atoms. The zero-order valence-corrected chi connectivity index (χ0v) is 12.2. The summed E-state index contributed by atoms with van der Waals surface area (Å²) < 4.78 is 1.23. The van der Waals surface area contributed by atoms with E-state index in [9.17, 15) is 4.79 Å². The highest BCUT2D eigenvalue weighted by atomic mass is 35.5. The molecule has 108 valence electrons. The van der Waals surface area contributed by atoms with Crippen LogP contribution in [-0.2, 0) is 6.54 Å². The Bertz CT molecular complexity index is 543. The predicted molar refractivity (Wildman–Crippen MR) is 81.1 cm³/mol. The molecule has 0 spiro atoms. The number of likely N-dealkylation sites (tertiary alicyclic amines) is 1. The van der Waals surface area contributed by atoms with Crippen molar-refractivity contribution >= 4 is 17.3 Å². The van der Waals surface area contributed by atoms with Gasteiger partial charge in [0.1, 0.15) is 12.2 Å². The number of halogens is 1. The Morgan fingerprint density at radius 2 is 2.15 bits per heavy atom. The summed E-state index contributed by atoms with van der Waals surface area (Å²) in [5, 5.41) is 7.35. The van der Waals surface area contributed by atoms with Crippen LogP contribution in [0.5, 0.6) is 0 Å². The highest BCUT2D eigenvalue weighted by molar-refractivity contribution is 6.32. The molecular formula is C14H19ClN4O. The Morgan fingerprint density at radius 1 is 1.40 bits per heavy atom. The Kier molecular flexibility index (Phi) is 5.45. The molecule has 20 heavy (non-hydrogen) atoms. The van der Waals surface area contributed by atoms with Crippen molar-refractivity contribution in [3.8, 4) is 12.3 Å². The smallest absolute Gasteiger partial charge is 0.292 e. The van der Waals surface area contributed by atoms with E-state index in [4.69, 9.17) is 18.0 Å². The van der Waals surface area contributed by atoms with E-state index in [1.54, 1.807) is 0 Å². The summed E-state index contributed by atoms with van der Waals surface area (Å²) in [6, 6.07) is 0. The van der Waals surface area contributed by atoms with Gasteiger partial charge in [0, 0.05) is 13.1 Å². The summed E-state index contributed by atoms with van der Waals surface area (Å²) in [7, 11) is 0. The van der Waals surface area contributed by atoms with Gasteiger partial charge >= 0.3 is 0 Å². The van der Waals surface area contributed by atoms with Gasteiger partial charge in [-0.3, -0.25) is 4.79 Å². The van der Waals surface area contributed by atoms with E-state index in [0.717, 1.165) is 19.6 Å². The minimum absolute atomic E-state index is 0.150. The zero-order valence-electron chi connectivity index (χ0n) is 11.4. The van der Waals surface area contributed by atoms with Gasteiger partial charge in [0.25, 0.3) is 5.56 Å². The highest BCUT2D eigenvalue weighted by Crippen LogP contribution is 2.15. The molecule has 0 saturated carbocycles. The molecule has 1 N–H and O–H groups in total. The van der Waals surface area contributed by atoms with Crippen LogP contribution in [-0.4, -0.2) is 40.9 Å². The summed E-state index contributed by atoms with van der Waals surface area (Å²) in [5.74, 6) is 2.40. The summed E-state index contributed by atoms with van der Waals surface area (Å²) in [6.45, 7) is 4.01. The first-order valence-electron chi connectivity index (χ1n) is 6.87. The maximum absolute atomic E-state index is 12.1. The van der Waals surface area contributed by atoms with Gasteiger partial charge in [0.05, 0.1) is 11.2 Å². The lowest BCUT2D eigenvalue weighted by molar-refractivity contribution is 0.237. The van der Waals surface area contributed by atoms with Gasteiger partial charge in [-0.1, -0.05) is 23.9 Å². The molecule has 1 fully saturated rings. The molecule has 1 saturated heterocycles. The van der Waals surface area contributed by atoms with Crippen molar-refractivity contribution in [2.75, 3.05) is 31.5 Å². The number of terminal acetylenes is 1. The van der Waals surface area contributed by atoms with Gasteiger partial charge < -0.3 is 10.2 Å². The van der Waals surface area contributed by atoms with Gasteiger partial charge in [-0.15, -0.1) is 6.42 Å². The molecule has 2 rings (SSSR count). The number of hydrogen-bond donors (Lipinski definition) is 1. The van der Waals surface area contributed by atoms with Crippen LogP contribution in [0.3, 0.4) is 0 Å². The Morgan fingerprint density at radius 3 is 2.85 bits per heavy atom. The summed E-state index contributed by atoms with van der Waals surface area (Å²) >= 11 is 6.02. The maximum Gasteiger partial charge on any atom is 0.292 e. The molecule has 2 heterocycles. The third-order valence-corrected chi connectivity index (χ3v) is 3.70. The minimum Gasteiger partial charge on any atom is -0.378 e. The average molecular weight is 295 g/mol. The van der Waals surface area contributed by atoms with Crippen LogP contribution in [0.4, 0.5) is 5.69 Å². The summed E-state index contributed by atoms with van der Waals surface area (Å²) in [4.78, 5) is 14.5. The molecule has 0 aromatic carbocycles. The van der Waals surface area contributed by atoms with E-state index in [1.807, 2.05) is 0 Å². The van der Waals surface area contributed by atoms with Crippen molar-refractivity contribution in [1.29, 1.82) is 0 Å². The highest BCUT2D eigenvalue weighted by Gasteiger charge is 2.12. The molecule has 0 aliphatic carbocycles. The van der Waals surface area contributed by atoms with Crippen LogP contribution >= 0.6 is 11.6 Å². The fourth-order valence-corrected chi connectivity index (χ4v) is 2.54. The van der Waals surface area contributed by atoms with E-state index in [2.05, 4.69) is 21.2 Å². The zero-order chi connectivity index (χ0) is 14.4. The van der Waals surface area contributed by atoms with E-state index >= 15 is 0 Å². The molecular weight excluding hydrogens is 276 g/mol. The van der Waals surface area contributed by atoms with Gasteiger partial charge in [-0.25, -0.2) is 4.68 Å². The summed E-state index contributed by atoms with van der Waals surface area (Å²) in [5.41, 5.74) is 0.114. The number of piperidine rings is 1. The monoisotopic (exact) mass is 294 g/mol. The van der Waals surface area contributed by atoms with Gasteiger partial charge in [-0.2, -0.15) is 5.10 Å². The van der Waals surface area contributed by atoms with E-state index < -0.39 is 0 Å². The number of aromatic nitrogens is 2. The second-order valence-electron chi connectivity index (χ2n) is 4.86. The normalized spacial score (nSPS) is 15.8. The van der Waals surface area contributed by atoms with Gasteiger partial charge in [0.2, 0.25) is 0 Å². The SMILES string of the molecule is C#CCn1ncc(Cl)c(NCCN2CCCCC2)c1=O. The first-order chi connectivity index (χ1) is 9.72. The lowest BCUT2D eigenvalue weighted by Gasteiger charge is -2.26. The van der Waals surface area contributed by atoms with Crippen molar-refractivity contribution in [1.82, 2.24) is 14.7 Å². The third-order valence-electron chi connectivity index (χ3n) is 3.42. The Balaban J connectivity index is 1.96. The van der Waals surface area contributed by atoms with E-state index in [1.165, 1.54) is 30.1 Å². The van der Waals surface area contributed by atoms with Crippen LogP contribution in [0, 0.1) is 12.3 Å². The molecule has 0 atom stereocenters. The number of anilines is 1. The van der Waals surface area contributed by atoms with Gasteiger partial charge in [-0.05, 0) is 25.9 Å². The molecule has 0 amide bonds. The fraction of sp³-hybridized carbons (Fsp3) is 0.571. The van der Waals surface area contributed by atoms with Crippen molar-refractivity contribution in [2.24, 2.45) is 0 Å². The topological polar surface area (TPSA) is 50.2 Å². The maximum atomic E-state index is 12.1. The second-order valence-corrected chi connectivity index (χ2v) is 5.27. The molecule has 5 nitrogen and oxygen atoms in total. The standard InChI is InChI=1S/C14H19ClN4O/c1-2-7-19-14(20)13(12(15)11-17-19)16-6-10-18-8-4-3-5-9-18/h1,11,16H,3-10H2. The molecule has 6 heteroatoms. The van der Waals surface area contributed by atoms with Crippen molar-refractivity contribution < 1.29 is 0 Å². The minimum atomic E-state index is -0.269. The Hall–Kier alpha value is -1.51. The quantitative estimate of drug-likeness (QED) is 0.835. The predicted octanol–water partition coefficient (Wildman–Crippen LogP) is 1.43. The number of rotatable bonds is 5. The van der Waals surface area contributed by atoms with Crippen LogP contribution in [0.25, 0.3) is 0 Å². The van der Waals surface area contributed by atoms with Crippen LogP contribution < -0.4 is 10.9 Å². The molecule has 0 radical (unpaired) electrons. The van der Waals surface area contributed by atoms with E-state index in [0.29, 0.717) is 17.3 Å². The molecule has 1 aromatic rings. The molecule has 0 unspecified atom stereocenters. The van der Waals surface area contributed by atoms with Crippen LogP contribution in [0.1, 0.15) is 19.3 Å². The molecule has 1 aromatic heterocycles. The van der Waals surface area contributed by atoms with Crippen LogP contribution in [0.15, 0.2) is 11.0 Å². The lowest BCUT2D eigenvalue weighted by atomic mass is 10.1. The molecule has 1 aliphatic heterocycles. The number of nitrogens with zero attached hydrogens (tertiary/aromatic N) is 3. The first-order valence-corrected chi connectivity index (χ1v) is 7.25. The third kappa shape index (κ3) is 3.75. The van der Waals surface area contributed by atoms with E-state index in [-0.39, 0.29) is 12.1 Å². The Labute approximate surface area is 123 Å². The van der Waals surface area contributed by atoms with Crippen molar-refractivity contribution in [3.63, 3.8) is 0 Å². The number of nitrogens with one attached hydrogen (secondary N) is 1.